The van der Waals surface area contributed by atoms with Crippen molar-refractivity contribution in [2.24, 2.45) is 0 Å². The maximum atomic E-state index is 5.37. The fourth-order valence-electron chi connectivity index (χ4n) is 8.97. The molecule has 0 bridgehead atoms. The molecule has 264 valence electrons. The lowest BCUT2D eigenvalue weighted by molar-refractivity contribution is 0.660. The Morgan fingerprint density at radius 2 is 1.04 bits per heavy atom. The van der Waals surface area contributed by atoms with Crippen LogP contribution in [-0.2, 0) is 5.41 Å². The minimum atomic E-state index is -0.114. The summed E-state index contributed by atoms with van der Waals surface area (Å²) in [6.45, 7) is 4.66. The van der Waals surface area contributed by atoms with Crippen molar-refractivity contribution in [3.8, 4) is 67.3 Å². The zero-order valence-electron chi connectivity index (χ0n) is 31.1. The number of hydrogen-bond acceptors (Lipinski definition) is 3. The Labute approximate surface area is 330 Å². The Morgan fingerprint density at radius 1 is 0.411 bits per heavy atom. The summed E-state index contributed by atoms with van der Waals surface area (Å²) in [7, 11) is 0. The molecular weight excluding hydrogens is 697 g/mol. The number of rotatable bonds is 5. The minimum Gasteiger partial charge on any atom is -0.228 e. The Bertz CT molecular complexity index is 3160. The highest BCUT2D eigenvalue weighted by Crippen LogP contribution is 2.52. The van der Waals surface area contributed by atoms with Crippen LogP contribution >= 0.6 is 11.3 Å². The average molecular weight is 733 g/mol. The van der Waals surface area contributed by atoms with E-state index in [1.165, 1.54) is 64.3 Å². The summed E-state index contributed by atoms with van der Waals surface area (Å²) in [5.74, 6) is 0.713. The van der Waals surface area contributed by atoms with E-state index in [1.54, 1.807) is 0 Å². The Balaban J connectivity index is 1.19. The van der Waals surface area contributed by atoms with E-state index in [4.69, 9.17) is 9.97 Å². The van der Waals surface area contributed by atoms with Crippen molar-refractivity contribution in [2.45, 2.75) is 19.3 Å². The smallest absolute Gasteiger partial charge is 0.160 e. The van der Waals surface area contributed by atoms with Crippen molar-refractivity contribution in [3.05, 3.63) is 193 Å². The predicted octanol–water partition coefficient (Wildman–Crippen LogP) is 14.6. The van der Waals surface area contributed by atoms with Gasteiger partial charge in [-0.3, -0.25) is 0 Å². The van der Waals surface area contributed by atoms with E-state index in [1.807, 2.05) is 17.4 Å². The van der Waals surface area contributed by atoms with Crippen molar-refractivity contribution in [1.82, 2.24) is 9.97 Å². The maximum absolute atomic E-state index is 5.37. The summed E-state index contributed by atoms with van der Waals surface area (Å²) in [5, 5.41) is 5.17. The standard InChI is InChI=1S/C53H36N2S/c1-53(2)43-24-12-11-21-41(43)49-42(23-13-25-44(49)53)46-32-45(54-52(55-46)35-18-7-4-8-19-35)38-30-36(33-15-5-3-6-16-33)29-37(31-38)40-22-14-26-47-51(40)50-39-20-10-9-17-34(39)27-28-48(50)56-47/h3-32H,1-2H3. The van der Waals surface area contributed by atoms with Gasteiger partial charge in [-0.1, -0.05) is 159 Å². The molecule has 0 spiro atoms. The zero-order chi connectivity index (χ0) is 37.4. The highest BCUT2D eigenvalue weighted by Gasteiger charge is 2.36. The van der Waals surface area contributed by atoms with Crippen LogP contribution in [0.4, 0.5) is 0 Å². The normalized spacial score (nSPS) is 13.0. The number of benzene rings is 8. The van der Waals surface area contributed by atoms with Gasteiger partial charge in [-0.2, -0.15) is 0 Å². The van der Waals surface area contributed by atoms with Gasteiger partial charge in [-0.05, 0) is 91.7 Å². The number of aromatic nitrogens is 2. The van der Waals surface area contributed by atoms with Gasteiger partial charge in [0.05, 0.1) is 11.4 Å². The Hall–Kier alpha value is -6.68. The summed E-state index contributed by atoms with van der Waals surface area (Å²) in [5.41, 5.74) is 14.8. The summed E-state index contributed by atoms with van der Waals surface area (Å²) < 4.78 is 2.59. The minimum absolute atomic E-state index is 0.114. The van der Waals surface area contributed by atoms with Gasteiger partial charge in [0.15, 0.2) is 5.82 Å². The van der Waals surface area contributed by atoms with E-state index >= 15 is 0 Å². The number of hydrogen-bond donors (Lipinski definition) is 0. The van der Waals surface area contributed by atoms with Gasteiger partial charge >= 0.3 is 0 Å². The second-order valence-electron chi connectivity index (χ2n) is 15.3. The van der Waals surface area contributed by atoms with Crippen LogP contribution in [0.2, 0.25) is 0 Å². The molecule has 0 N–H and O–H groups in total. The van der Waals surface area contributed by atoms with E-state index in [9.17, 15) is 0 Å². The van der Waals surface area contributed by atoms with Gasteiger partial charge in [0.2, 0.25) is 0 Å². The van der Waals surface area contributed by atoms with E-state index < -0.39 is 0 Å². The van der Waals surface area contributed by atoms with Crippen molar-refractivity contribution in [2.75, 3.05) is 0 Å². The van der Waals surface area contributed by atoms with Crippen LogP contribution in [0, 0.1) is 0 Å². The van der Waals surface area contributed by atoms with Crippen LogP contribution in [0.25, 0.3) is 98.2 Å². The molecule has 0 fully saturated rings. The molecule has 1 aliphatic carbocycles. The maximum Gasteiger partial charge on any atom is 0.160 e. The number of fused-ring (bicyclic) bond motifs is 8. The first-order chi connectivity index (χ1) is 27.5. The summed E-state index contributed by atoms with van der Waals surface area (Å²) in [6, 6.07) is 65.9. The Kier molecular flexibility index (Phi) is 7.42. The molecule has 2 aromatic heterocycles. The highest BCUT2D eigenvalue weighted by molar-refractivity contribution is 7.26. The molecule has 0 radical (unpaired) electrons. The molecule has 1 aliphatic rings. The highest BCUT2D eigenvalue weighted by atomic mass is 32.1. The molecule has 0 unspecified atom stereocenters. The summed E-state index contributed by atoms with van der Waals surface area (Å²) in [4.78, 5) is 10.7. The third-order valence-electron chi connectivity index (χ3n) is 11.7. The third kappa shape index (κ3) is 5.16. The first-order valence-corrected chi connectivity index (χ1v) is 20.1. The van der Waals surface area contributed by atoms with E-state index in [0.717, 1.165) is 39.2 Å². The van der Waals surface area contributed by atoms with Gasteiger partial charge < -0.3 is 0 Å². The van der Waals surface area contributed by atoms with Crippen molar-refractivity contribution in [3.63, 3.8) is 0 Å². The topological polar surface area (TPSA) is 25.8 Å². The SMILES string of the molecule is CC1(C)c2ccccc2-c2c(-c3cc(-c4cc(-c5ccccc5)cc(-c5cccc6sc7ccc8ccccc8c7c56)c4)nc(-c4ccccc4)n3)cccc21. The van der Waals surface area contributed by atoms with Crippen molar-refractivity contribution in [1.29, 1.82) is 0 Å². The van der Waals surface area contributed by atoms with Crippen LogP contribution in [0.15, 0.2) is 182 Å². The molecule has 8 aromatic carbocycles. The second-order valence-corrected chi connectivity index (χ2v) is 16.4. The molecule has 10 aromatic rings. The molecule has 0 saturated heterocycles. The predicted molar refractivity (Wildman–Crippen MR) is 237 cm³/mol. The molecular formula is C53H36N2S. The summed E-state index contributed by atoms with van der Waals surface area (Å²) in [6.07, 6.45) is 0. The molecule has 0 aliphatic heterocycles. The van der Waals surface area contributed by atoms with Crippen molar-refractivity contribution < 1.29 is 0 Å². The molecule has 56 heavy (non-hydrogen) atoms. The fourth-order valence-corrected chi connectivity index (χ4v) is 10.1. The lowest BCUT2D eigenvalue weighted by Crippen LogP contribution is -2.14. The third-order valence-corrected chi connectivity index (χ3v) is 12.8. The zero-order valence-corrected chi connectivity index (χ0v) is 31.9. The quantitative estimate of drug-likeness (QED) is 0.176. The molecule has 11 rings (SSSR count). The molecule has 2 nitrogen and oxygen atoms in total. The number of thiophene rings is 1. The van der Waals surface area contributed by atoms with Gasteiger partial charge in [-0.25, -0.2) is 9.97 Å². The number of nitrogens with zero attached hydrogens (tertiary/aromatic N) is 2. The van der Waals surface area contributed by atoms with Gasteiger partial charge in [0.25, 0.3) is 0 Å². The van der Waals surface area contributed by atoms with Crippen molar-refractivity contribution >= 4 is 42.3 Å². The molecule has 3 heteroatoms. The lowest BCUT2D eigenvalue weighted by Gasteiger charge is -2.21. The van der Waals surface area contributed by atoms with E-state index in [-0.39, 0.29) is 5.41 Å². The van der Waals surface area contributed by atoms with Gasteiger partial charge in [-0.15, -0.1) is 11.3 Å². The largest absolute Gasteiger partial charge is 0.228 e. The molecule has 0 saturated carbocycles. The van der Waals surface area contributed by atoms with Crippen LogP contribution in [0.3, 0.4) is 0 Å². The molecule has 2 heterocycles. The van der Waals surface area contributed by atoms with Crippen LogP contribution in [-0.4, -0.2) is 9.97 Å². The average Bonchev–Trinajstić information content (AvgIpc) is 3.76. The fraction of sp³-hybridized carbons (Fsp3) is 0.0566. The van der Waals surface area contributed by atoms with Gasteiger partial charge in [0.1, 0.15) is 0 Å². The molecule has 0 amide bonds. The first-order valence-electron chi connectivity index (χ1n) is 19.2. The van der Waals surface area contributed by atoms with Crippen LogP contribution in [0.1, 0.15) is 25.0 Å². The summed E-state index contributed by atoms with van der Waals surface area (Å²) >= 11 is 1.87. The van der Waals surface area contributed by atoms with E-state index in [2.05, 4.69) is 190 Å². The lowest BCUT2D eigenvalue weighted by atomic mass is 9.82. The van der Waals surface area contributed by atoms with Crippen LogP contribution < -0.4 is 0 Å². The van der Waals surface area contributed by atoms with E-state index in [0.29, 0.717) is 5.82 Å². The Morgan fingerprint density at radius 3 is 1.89 bits per heavy atom. The monoisotopic (exact) mass is 732 g/mol. The van der Waals surface area contributed by atoms with Crippen LogP contribution in [0.5, 0.6) is 0 Å². The van der Waals surface area contributed by atoms with Gasteiger partial charge in [0, 0.05) is 42.3 Å². The second kappa shape index (κ2) is 12.7. The molecule has 0 atom stereocenters. The first kappa shape index (κ1) is 32.7.